The van der Waals surface area contributed by atoms with E-state index in [1.165, 1.54) is 0 Å². The summed E-state index contributed by atoms with van der Waals surface area (Å²) in [5.41, 5.74) is 0.869. The van der Waals surface area contributed by atoms with Crippen molar-refractivity contribution >= 4 is 17.5 Å². The minimum Gasteiger partial charge on any atom is -0.340 e. The Hall–Kier alpha value is -1.03. The molecule has 1 amide bonds. The lowest BCUT2D eigenvalue weighted by molar-refractivity contribution is -0.135. The normalized spacial score (nSPS) is 10.9. The Bertz CT molecular complexity index is 366. The molecule has 0 saturated carbocycles. The number of aryl methyl sites for hydroxylation is 1. The van der Waals surface area contributed by atoms with Gasteiger partial charge in [0.05, 0.1) is 23.5 Å². The van der Waals surface area contributed by atoms with E-state index in [1.54, 1.807) is 15.8 Å². The van der Waals surface area contributed by atoms with Gasteiger partial charge in [-0.05, 0) is 12.8 Å². The van der Waals surface area contributed by atoms with E-state index in [1.807, 2.05) is 27.9 Å². The smallest absolute Gasteiger partial charge is 0.225 e. The van der Waals surface area contributed by atoms with E-state index >= 15 is 0 Å². The first-order valence-corrected chi connectivity index (χ1v) is 6.30. The molecule has 0 atom stereocenters. The van der Waals surface area contributed by atoms with Crippen molar-refractivity contribution in [3.8, 4) is 0 Å². The first-order valence-electron chi connectivity index (χ1n) is 5.92. The van der Waals surface area contributed by atoms with Gasteiger partial charge in [-0.1, -0.05) is 25.4 Å². The third kappa shape index (κ3) is 3.22. The zero-order valence-electron chi connectivity index (χ0n) is 10.9. The Morgan fingerprint density at radius 1 is 1.53 bits per heavy atom. The molecular weight excluding hydrogens is 238 g/mol. The molecule has 0 fully saturated rings. The van der Waals surface area contributed by atoms with Crippen LogP contribution < -0.4 is 0 Å². The third-order valence-electron chi connectivity index (χ3n) is 3.11. The van der Waals surface area contributed by atoms with Crippen molar-refractivity contribution < 1.29 is 4.79 Å². The average molecular weight is 258 g/mol. The molecule has 0 aromatic carbocycles. The van der Waals surface area contributed by atoms with E-state index in [2.05, 4.69) is 5.10 Å². The monoisotopic (exact) mass is 257 g/mol. The summed E-state index contributed by atoms with van der Waals surface area (Å²) in [4.78, 5) is 13.8. The number of carbonyl (C=O) groups is 1. The highest BCUT2D eigenvalue weighted by molar-refractivity contribution is 6.31. The van der Waals surface area contributed by atoms with Gasteiger partial charge in [0.2, 0.25) is 5.91 Å². The SMILES string of the molecule is CCC(CC)C(=O)N(C)Cc1c(Cl)cnn1C. The number of amides is 1. The Morgan fingerprint density at radius 3 is 2.53 bits per heavy atom. The largest absolute Gasteiger partial charge is 0.340 e. The fourth-order valence-electron chi connectivity index (χ4n) is 1.87. The number of halogens is 1. The van der Waals surface area contributed by atoms with Gasteiger partial charge in [-0.25, -0.2) is 0 Å². The van der Waals surface area contributed by atoms with Crippen LogP contribution in [-0.2, 0) is 18.4 Å². The van der Waals surface area contributed by atoms with Crippen LogP contribution in [0.3, 0.4) is 0 Å². The molecule has 1 heterocycles. The second-order valence-electron chi connectivity index (χ2n) is 4.27. The van der Waals surface area contributed by atoms with Crippen LogP contribution in [0.5, 0.6) is 0 Å². The predicted octanol–water partition coefficient (Wildman–Crippen LogP) is 2.47. The Kier molecular flexibility index (Phi) is 5.00. The van der Waals surface area contributed by atoms with Crippen LogP contribution in [0.25, 0.3) is 0 Å². The molecule has 17 heavy (non-hydrogen) atoms. The summed E-state index contributed by atoms with van der Waals surface area (Å²) < 4.78 is 1.71. The minimum atomic E-state index is 0.104. The Morgan fingerprint density at radius 2 is 2.12 bits per heavy atom. The molecule has 0 bridgehead atoms. The van der Waals surface area contributed by atoms with E-state index in [4.69, 9.17) is 11.6 Å². The molecule has 0 spiro atoms. The highest BCUT2D eigenvalue weighted by atomic mass is 35.5. The second kappa shape index (κ2) is 6.05. The van der Waals surface area contributed by atoms with Gasteiger partial charge in [0, 0.05) is 20.0 Å². The number of aromatic nitrogens is 2. The van der Waals surface area contributed by atoms with Crippen LogP contribution in [0.1, 0.15) is 32.4 Å². The number of hydrogen-bond donors (Lipinski definition) is 0. The average Bonchev–Trinajstić information content (AvgIpc) is 2.62. The van der Waals surface area contributed by atoms with Gasteiger partial charge in [-0.2, -0.15) is 5.10 Å². The van der Waals surface area contributed by atoms with Crippen LogP contribution in [0.15, 0.2) is 6.20 Å². The lowest BCUT2D eigenvalue weighted by atomic mass is 10.0. The van der Waals surface area contributed by atoms with Crippen molar-refractivity contribution in [2.45, 2.75) is 33.2 Å². The maximum Gasteiger partial charge on any atom is 0.225 e. The first kappa shape index (κ1) is 14.0. The molecule has 1 aromatic heterocycles. The van der Waals surface area contributed by atoms with Gasteiger partial charge < -0.3 is 4.90 Å². The molecule has 1 aromatic rings. The number of carbonyl (C=O) groups excluding carboxylic acids is 1. The van der Waals surface area contributed by atoms with Gasteiger partial charge in [0.1, 0.15) is 0 Å². The second-order valence-corrected chi connectivity index (χ2v) is 4.68. The van der Waals surface area contributed by atoms with E-state index < -0.39 is 0 Å². The van der Waals surface area contributed by atoms with E-state index in [-0.39, 0.29) is 11.8 Å². The molecule has 0 N–H and O–H groups in total. The topological polar surface area (TPSA) is 38.1 Å². The summed E-state index contributed by atoms with van der Waals surface area (Å²) >= 11 is 6.02. The molecule has 4 nitrogen and oxygen atoms in total. The maximum absolute atomic E-state index is 12.1. The summed E-state index contributed by atoms with van der Waals surface area (Å²) in [6.45, 7) is 4.58. The van der Waals surface area contributed by atoms with E-state index in [0.29, 0.717) is 11.6 Å². The lowest BCUT2D eigenvalue weighted by Gasteiger charge is -2.22. The Balaban J connectivity index is 2.72. The molecule has 96 valence electrons. The third-order valence-corrected chi connectivity index (χ3v) is 3.42. The van der Waals surface area contributed by atoms with Crippen LogP contribution in [0.2, 0.25) is 5.02 Å². The molecule has 5 heteroatoms. The molecule has 1 rings (SSSR count). The van der Waals surface area contributed by atoms with Crippen LogP contribution >= 0.6 is 11.6 Å². The fraction of sp³-hybridized carbons (Fsp3) is 0.667. The summed E-state index contributed by atoms with van der Waals surface area (Å²) in [6.07, 6.45) is 3.35. The highest BCUT2D eigenvalue weighted by Crippen LogP contribution is 2.18. The first-order chi connectivity index (χ1) is 8.01. The summed E-state index contributed by atoms with van der Waals surface area (Å²) in [5.74, 6) is 0.277. The molecular formula is C12H20ClN3O. The fourth-order valence-corrected chi connectivity index (χ4v) is 2.09. The van der Waals surface area contributed by atoms with Crippen molar-refractivity contribution in [1.82, 2.24) is 14.7 Å². The van der Waals surface area contributed by atoms with E-state index in [0.717, 1.165) is 18.5 Å². The molecule has 0 aliphatic rings. The summed E-state index contributed by atoms with van der Waals surface area (Å²) in [6, 6.07) is 0. The number of nitrogens with zero attached hydrogens (tertiary/aromatic N) is 3. The molecule has 0 unspecified atom stereocenters. The quantitative estimate of drug-likeness (QED) is 0.813. The van der Waals surface area contributed by atoms with Gasteiger partial charge >= 0.3 is 0 Å². The van der Waals surface area contributed by atoms with Crippen molar-refractivity contribution in [2.24, 2.45) is 13.0 Å². The van der Waals surface area contributed by atoms with Gasteiger partial charge in [-0.15, -0.1) is 0 Å². The van der Waals surface area contributed by atoms with E-state index in [9.17, 15) is 4.79 Å². The van der Waals surface area contributed by atoms with Gasteiger partial charge in [0.25, 0.3) is 0 Å². The van der Waals surface area contributed by atoms with Crippen molar-refractivity contribution in [3.05, 3.63) is 16.9 Å². The minimum absolute atomic E-state index is 0.104. The molecule has 0 radical (unpaired) electrons. The van der Waals surface area contributed by atoms with Gasteiger partial charge in [-0.3, -0.25) is 9.48 Å². The van der Waals surface area contributed by atoms with Crippen LogP contribution in [0.4, 0.5) is 0 Å². The zero-order valence-corrected chi connectivity index (χ0v) is 11.7. The van der Waals surface area contributed by atoms with Gasteiger partial charge in [0.15, 0.2) is 0 Å². The van der Waals surface area contributed by atoms with Crippen molar-refractivity contribution in [3.63, 3.8) is 0 Å². The summed E-state index contributed by atoms with van der Waals surface area (Å²) in [5, 5.41) is 4.67. The van der Waals surface area contributed by atoms with Crippen LogP contribution in [0, 0.1) is 5.92 Å². The lowest BCUT2D eigenvalue weighted by Crippen LogP contribution is -2.32. The number of hydrogen-bond acceptors (Lipinski definition) is 2. The van der Waals surface area contributed by atoms with Crippen LogP contribution in [-0.4, -0.2) is 27.6 Å². The highest BCUT2D eigenvalue weighted by Gasteiger charge is 2.20. The zero-order chi connectivity index (χ0) is 13.0. The predicted molar refractivity (Wildman–Crippen MR) is 68.8 cm³/mol. The standard InChI is InChI=1S/C12H20ClN3O/c1-5-9(6-2)12(17)15(3)8-11-10(13)7-14-16(11)4/h7,9H,5-6,8H2,1-4H3. The van der Waals surface area contributed by atoms with Crippen molar-refractivity contribution in [2.75, 3.05) is 7.05 Å². The molecule has 0 saturated heterocycles. The van der Waals surface area contributed by atoms with Crippen molar-refractivity contribution in [1.29, 1.82) is 0 Å². The number of rotatable bonds is 5. The summed E-state index contributed by atoms with van der Waals surface area (Å²) in [7, 11) is 3.64. The molecule has 0 aliphatic carbocycles. The maximum atomic E-state index is 12.1. The Labute approximate surface area is 108 Å². The molecule has 0 aliphatic heterocycles.